The van der Waals surface area contributed by atoms with Crippen molar-refractivity contribution in [2.24, 2.45) is 5.92 Å². The first-order valence-corrected chi connectivity index (χ1v) is 9.26. The zero-order valence-electron chi connectivity index (χ0n) is 14.9. The summed E-state index contributed by atoms with van der Waals surface area (Å²) in [6, 6.07) is 6.37. The Kier molecular flexibility index (Phi) is 4.90. The molecule has 0 bridgehead atoms. The smallest absolute Gasteiger partial charge is 0.336 e. The van der Waals surface area contributed by atoms with E-state index in [-0.39, 0.29) is 5.75 Å². The van der Waals surface area contributed by atoms with Gasteiger partial charge in [-0.05, 0) is 37.5 Å². The number of aromatic hydroxyl groups is 1. The first-order chi connectivity index (χ1) is 11.8. The Morgan fingerprint density at radius 2 is 2.04 bits per heavy atom. The standard InChI is InChI=1S/C19H22N2O3S/c1-11(2)9-21-13(4)12(3)20-19(21)25-10-14-7-18(23)24-17-8-15(22)5-6-16(14)17/h5-8,11,22H,9-10H2,1-4H3. The molecule has 5 nitrogen and oxygen atoms in total. The van der Waals surface area contributed by atoms with E-state index in [9.17, 15) is 9.90 Å². The zero-order valence-corrected chi connectivity index (χ0v) is 15.7. The van der Waals surface area contributed by atoms with E-state index in [1.54, 1.807) is 23.9 Å². The molecule has 0 aliphatic carbocycles. The minimum Gasteiger partial charge on any atom is -0.508 e. The summed E-state index contributed by atoms with van der Waals surface area (Å²) in [5, 5.41) is 11.4. The normalized spacial score (nSPS) is 11.6. The predicted molar refractivity (Wildman–Crippen MR) is 100 cm³/mol. The van der Waals surface area contributed by atoms with Gasteiger partial charge in [-0.25, -0.2) is 9.78 Å². The number of hydrogen-bond acceptors (Lipinski definition) is 5. The van der Waals surface area contributed by atoms with E-state index in [0.29, 0.717) is 17.3 Å². The van der Waals surface area contributed by atoms with Crippen molar-refractivity contribution in [1.29, 1.82) is 0 Å². The van der Waals surface area contributed by atoms with Crippen molar-refractivity contribution in [3.63, 3.8) is 0 Å². The molecule has 3 aromatic rings. The van der Waals surface area contributed by atoms with Gasteiger partial charge in [0.2, 0.25) is 0 Å². The van der Waals surface area contributed by atoms with Crippen LogP contribution >= 0.6 is 11.8 Å². The lowest BCUT2D eigenvalue weighted by Gasteiger charge is -2.12. The second-order valence-electron chi connectivity index (χ2n) is 6.63. The van der Waals surface area contributed by atoms with E-state index < -0.39 is 5.63 Å². The van der Waals surface area contributed by atoms with Gasteiger partial charge in [-0.2, -0.15) is 0 Å². The molecule has 0 aliphatic rings. The van der Waals surface area contributed by atoms with Crippen molar-refractivity contribution >= 4 is 22.7 Å². The largest absolute Gasteiger partial charge is 0.508 e. The van der Waals surface area contributed by atoms with E-state index >= 15 is 0 Å². The number of phenolic OH excluding ortho intramolecular Hbond substituents is 1. The van der Waals surface area contributed by atoms with E-state index in [4.69, 9.17) is 4.42 Å². The number of fused-ring (bicyclic) bond motifs is 1. The molecule has 2 aromatic heterocycles. The minimum absolute atomic E-state index is 0.0826. The molecule has 0 saturated carbocycles. The maximum Gasteiger partial charge on any atom is 0.336 e. The Hall–Kier alpha value is -2.21. The minimum atomic E-state index is -0.411. The molecule has 0 aliphatic heterocycles. The fraction of sp³-hybridized carbons (Fsp3) is 0.368. The van der Waals surface area contributed by atoms with Gasteiger partial charge in [0.1, 0.15) is 11.3 Å². The third kappa shape index (κ3) is 3.74. The highest BCUT2D eigenvalue weighted by molar-refractivity contribution is 7.98. The maximum atomic E-state index is 11.8. The maximum absolute atomic E-state index is 11.8. The summed E-state index contributed by atoms with van der Waals surface area (Å²) in [6.45, 7) is 9.40. The highest BCUT2D eigenvalue weighted by Gasteiger charge is 2.14. The van der Waals surface area contributed by atoms with Crippen LogP contribution < -0.4 is 5.63 Å². The second kappa shape index (κ2) is 6.96. The molecule has 3 rings (SSSR count). The van der Waals surface area contributed by atoms with Crippen LogP contribution in [-0.4, -0.2) is 14.7 Å². The molecular weight excluding hydrogens is 336 g/mol. The SMILES string of the molecule is Cc1nc(SCc2cc(=O)oc3cc(O)ccc23)n(CC(C)C)c1C. The number of aromatic nitrogens is 2. The molecule has 0 saturated heterocycles. The summed E-state index contributed by atoms with van der Waals surface area (Å²) in [5.74, 6) is 1.22. The zero-order chi connectivity index (χ0) is 18.1. The van der Waals surface area contributed by atoms with Crippen molar-refractivity contribution in [3.8, 4) is 5.75 Å². The molecule has 2 heterocycles. The summed E-state index contributed by atoms with van der Waals surface area (Å²) < 4.78 is 7.43. The number of benzene rings is 1. The van der Waals surface area contributed by atoms with Gasteiger partial charge in [-0.3, -0.25) is 0 Å². The van der Waals surface area contributed by atoms with Gasteiger partial charge < -0.3 is 14.1 Å². The average Bonchev–Trinajstić information content (AvgIpc) is 2.79. The van der Waals surface area contributed by atoms with E-state index in [1.165, 1.54) is 17.8 Å². The van der Waals surface area contributed by atoms with Crippen molar-refractivity contribution in [3.05, 3.63) is 51.6 Å². The third-order valence-corrected chi connectivity index (χ3v) is 5.17. The lowest BCUT2D eigenvalue weighted by molar-refractivity contribution is 0.473. The Labute approximate surface area is 150 Å². The Balaban J connectivity index is 1.93. The first kappa shape index (κ1) is 17.6. The monoisotopic (exact) mass is 358 g/mol. The van der Waals surface area contributed by atoms with Crippen LogP contribution in [0.2, 0.25) is 0 Å². The average molecular weight is 358 g/mol. The number of imidazole rings is 1. The fourth-order valence-electron chi connectivity index (χ4n) is 2.79. The molecule has 1 N–H and O–H groups in total. The van der Waals surface area contributed by atoms with Gasteiger partial charge in [-0.15, -0.1) is 0 Å². The van der Waals surface area contributed by atoms with Crippen molar-refractivity contribution in [2.45, 2.75) is 45.1 Å². The molecule has 0 fully saturated rings. The summed E-state index contributed by atoms with van der Waals surface area (Å²) in [5.41, 5.74) is 3.09. The molecule has 132 valence electrons. The van der Waals surface area contributed by atoms with Crippen LogP contribution in [0, 0.1) is 19.8 Å². The molecular formula is C19H22N2O3S. The van der Waals surface area contributed by atoms with E-state index in [0.717, 1.165) is 28.3 Å². The first-order valence-electron chi connectivity index (χ1n) is 8.27. The molecule has 0 amide bonds. The lowest BCUT2D eigenvalue weighted by Crippen LogP contribution is -2.08. The number of phenols is 1. The summed E-state index contributed by atoms with van der Waals surface area (Å²) >= 11 is 1.61. The number of aryl methyl sites for hydroxylation is 1. The van der Waals surface area contributed by atoms with Gasteiger partial charge in [0.15, 0.2) is 5.16 Å². The highest BCUT2D eigenvalue weighted by Crippen LogP contribution is 2.29. The molecule has 6 heteroatoms. The van der Waals surface area contributed by atoms with Crippen LogP contribution in [0.15, 0.2) is 38.6 Å². The van der Waals surface area contributed by atoms with Gasteiger partial charge >= 0.3 is 5.63 Å². The topological polar surface area (TPSA) is 68.3 Å². The molecule has 0 atom stereocenters. The molecule has 25 heavy (non-hydrogen) atoms. The Morgan fingerprint density at radius 1 is 1.28 bits per heavy atom. The van der Waals surface area contributed by atoms with Gasteiger partial charge in [-0.1, -0.05) is 25.6 Å². The fourth-order valence-corrected chi connectivity index (χ4v) is 3.89. The molecule has 1 aromatic carbocycles. The van der Waals surface area contributed by atoms with Gasteiger partial charge in [0, 0.05) is 35.5 Å². The predicted octanol–water partition coefficient (Wildman–Crippen LogP) is 4.26. The van der Waals surface area contributed by atoms with Crippen molar-refractivity contribution < 1.29 is 9.52 Å². The van der Waals surface area contributed by atoms with Crippen LogP contribution in [-0.2, 0) is 12.3 Å². The second-order valence-corrected chi connectivity index (χ2v) is 7.57. The Morgan fingerprint density at radius 3 is 2.76 bits per heavy atom. The van der Waals surface area contributed by atoms with Crippen molar-refractivity contribution in [2.75, 3.05) is 0 Å². The highest BCUT2D eigenvalue weighted by atomic mass is 32.2. The number of thioether (sulfide) groups is 1. The number of hydrogen-bond donors (Lipinski definition) is 1. The molecule has 0 spiro atoms. The molecule has 0 unspecified atom stereocenters. The van der Waals surface area contributed by atoms with Crippen LogP contribution in [0.25, 0.3) is 11.0 Å². The molecule has 0 radical (unpaired) electrons. The van der Waals surface area contributed by atoms with Crippen molar-refractivity contribution in [1.82, 2.24) is 9.55 Å². The van der Waals surface area contributed by atoms with E-state index in [2.05, 4.69) is 30.3 Å². The van der Waals surface area contributed by atoms with E-state index in [1.807, 2.05) is 6.92 Å². The number of rotatable bonds is 5. The van der Waals surface area contributed by atoms with Crippen LogP contribution in [0.4, 0.5) is 0 Å². The van der Waals surface area contributed by atoms with Crippen LogP contribution in [0.5, 0.6) is 5.75 Å². The Bertz CT molecular complexity index is 973. The summed E-state index contributed by atoms with van der Waals surface area (Å²) in [6.07, 6.45) is 0. The third-order valence-electron chi connectivity index (χ3n) is 4.14. The lowest BCUT2D eigenvalue weighted by atomic mass is 10.1. The summed E-state index contributed by atoms with van der Waals surface area (Å²) in [7, 11) is 0. The van der Waals surface area contributed by atoms with Gasteiger partial charge in [0.05, 0.1) is 5.69 Å². The summed E-state index contributed by atoms with van der Waals surface area (Å²) in [4.78, 5) is 16.5. The quantitative estimate of drug-likeness (QED) is 0.545. The van der Waals surface area contributed by atoms with Gasteiger partial charge in [0.25, 0.3) is 0 Å². The van der Waals surface area contributed by atoms with Crippen LogP contribution in [0.1, 0.15) is 30.8 Å². The number of nitrogens with zero attached hydrogens (tertiary/aromatic N) is 2. The van der Waals surface area contributed by atoms with Crippen LogP contribution in [0.3, 0.4) is 0 Å².